The fourth-order valence-electron chi connectivity index (χ4n) is 2.56. The molecule has 108 valence electrons. The summed E-state index contributed by atoms with van der Waals surface area (Å²) >= 11 is 12.3. The van der Waals surface area contributed by atoms with Crippen molar-refractivity contribution in [3.8, 4) is 5.69 Å². The van der Waals surface area contributed by atoms with Gasteiger partial charge in [0.05, 0.1) is 27.1 Å². The van der Waals surface area contributed by atoms with Crippen LogP contribution in [-0.2, 0) is 0 Å². The molecule has 2 aromatic heterocycles. The molecule has 0 amide bonds. The van der Waals surface area contributed by atoms with E-state index in [1.54, 1.807) is 18.3 Å². The van der Waals surface area contributed by atoms with Crippen LogP contribution in [-0.4, -0.2) is 14.8 Å². The van der Waals surface area contributed by atoms with E-state index in [9.17, 15) is 4.79 Å². The summed E-state index contributed by atoms with van der Waals surface area (Å²) in [7, 11) is 0. The van der Waals surface area contributed by atoms with E-state index in [0.29, 0.717) is 31.9 Å². The number of aromatic nitrogens is 3. The number of para-hydroxylation sites is 1. The van der Waals surface area contributed by atoms with Gasteiger partial charge >= 0.3 is 0 Å². The van der Waals surface area contributed by atoms with Crippen molar-refractivity contribution < 1.29 is 0 Å². The highest BCUT2D eigenvalue weighted by molar-refractivity contribution is 6.40. The van der Waals surface area contributed by atoms with E-state index in [2.05, 4.69) is 10.1 Å². The van der Waals surface area contributed by atoms with Gasteiger partial charge in [0.1, 0.15) is 0 Å². The lowest BCUT2D eigenvalue weighted by atomic mass is 10.2. The van der Waals surface area contributed by atoms with Gasteiger partial charge in [0.2, 0.25) is 0 Å². The fourth-order valence-corrected chi connectivity index (χ4v) is 3.14. The molecule has 0 aliphatic carbocycles. The normalized spacial score (nSPS) is 11.4. The van der Waals surface area contributed by atoms with Crippen LogP contribution in [0, 0.1) is 0 Å². The SMILES string of the molecule is O=c1c2cnc3cc(Cl)cc(Cl)c3c2[nH]n1-c1ccccc1. The molecule has 0 aliphatic heterocycles. The Morgan fingerprint density at radius 2 is 1.86 bits per heavy atom. The summed E-state index contributed by atoms with van der Waals surface area (Å²) in [6, 6.07) is 12.7. The van der Waals surface area contributed by atoms with Crippen molar-refractivity contribution in [2.24, 2.45) is 0 Å². The van der Waals surface area contributed by atoms with Gasteiger partial charge in [-0.05, 0) is 24.3 Å². The average Bonchev–Trinajstić information content (AvgIpc) is 2.84. The molecule has 2 heterocycles. The van der Waals surface area contributed by atoms with Crippen LogP contribution in [0.15, 0.2) is 53.5 Å². The molecular weight excluding hydrogens is 321 g/mol. The molecule has 1 N–H and O–H groups in total. The number of benzene rings is 2. The van der Waals surface area contributed by atoms with E-state index in [1.807, 2.05) is 30.3 Å². The van der Waals surface area contributed by atoms with Crippen LogP contribution < -0.4 is 5.56 Å². The number of nitrogens with one attached hydrogen (secondary N) is 1. The maximum absolute atomic E-state index is 12.6. The Labute approximate surface area is 134 Å². The average molecular weight is 330 g/mol. The van der Waals surface area contributed by atoms with Crippen molar-refractivity contribution in [2.75, 3.05) is 0 Å². The van der Waals surface area contributed by atoms with Crippen molar-refractivity contribution in [3.05, 3.63) is 69.1 Å². The third-order valence-corrected chi connectivity index (χ3v) is 4.07. The van der Waals surface area contributed by atoms with Gasteiger partial charge in [0.25, 0.3) is 5.56 Å². The first-order chi connectivity index (χ1) is 10.6. The van der Waals surface area contributed by atoms with Crippen LogP contribution in [0.3, 0.4) is 0 Å². The fraction of sp³-hybridized carbons (Fsp3) is 0. The van der Waals surface area contributed by atoms with Gasteiger partial charge in [-0.25, -0.2) is 4.68 Å². The number of aromatic amines is 1. The first-order valence-corrected chi connectivity index (χ1v) is 7.34. The number of pyridine rings is 1. The zero-order chi connectivity index (χ0) is 15.3. The van der Waals surface area contributed by atoms with Gasteiger partial charge in [-0.15, -0.1) is 0 Å². The molecule has 0 fully saturated rings. The molecule has 4 rings (SSSR count). The summed E-state index contributed by atoms with van der Waals surface area (Å²) < 4.78 is 1.48. The first-order valence-electron chi connectivity index (χ1n) is 6.59. The smallest absolute Gasteiger partial charge is 0.280 e. The highest BCUT2D eigenvalue weighted by atomic mass is 35.5. The van der Waals surface area contributed by atoms with E-state index in [1.165, 1.54) is 4.68 Å². The van der Waals surface area contributed by atoms with Crippen LogP contribution in [0.5, 0.6) is 0 Å². The summed E-state index contributed by atoms with van der Waals surface area (Å²) in [5, 5.41) is 5.27. The summed E-state index contributed by atoms with van der Waals surface area (Å²) in [6.07, 6.45) is 1.54. The topological polar surface area (TPSA) is 50.7 Å². The van der Waals surface area contributed by atoms with E-state index >= 15 is 0 Å². The van der Waals surface area contributed by atoms with E-state index in [-0.39, 0.29) is 5.56 Å². The van der Waals surface area contributed by atoms with Crippen LogP contribution in [0.4, 0.5) is 0 Å². The lowest BCUT2D eigenvalue weighted by Crippen LogP contribution is -2.13. The number of H-pyrrole nitrogens is 1. The Morgan fingerprint density at radius 3 is 2.64 bits per heavy atom. The highest BCUT2D eigenvalue weighted by Crippen LogP contribution is 2.30. The lowest BCUT2D eigenvalue weighted by molar-refractivity contribution is 0.864. The Hall–Kier alpha value is -2.30. The second kappa shape index (κ2) is 4.87. The summed E-state index contributed by atoms with van der Waals surface area (Å²) in [5.41, 5.74) is 1.88. The van der Waals surface area contributed by atoms with Crippen LogP contribution in [0.1, 0.15) is 0 Å². The quantitative estimate of drug-likeness (QED) is 0.569. The van der Waals surface area contributed by atoms with E-state index in [0.717, 1.165) is 5.69 Å². The van der Waals surface area contributed by atoms with Crippen molar-refractivity contribution in [1.82, 2.24) is 14.8 Å². The third kappa shape index (κ3) is 1.92. The standard InChI is InChI=1S/C16H9Cl2N3O/c17-9-6-12(18)14-13(7-9)19-8-11-15(14)20-21(16(11)22)10-4-2-1-3-5-10/h1-8,20H. The monoisotopic (exact) mass is 329 g/mol. The van der Waals surface area contributed by atoms with Crippen LogP contribution in [0.2, 0.25) is 10.0 Å². The Bertz CT molecular complexity index is 1070. The van der Waals surface area contributed by atoms with Crippen LogP contribution in [0.25, 0.3) is 27.5 Å². The summed E-state index contributed by atoms with van der Waals surface area (Å²) in [5.74, 6) is 0. The zero-order valence-electron chi connectivity index (χ0n) is 11.2. The number of nitrogens with zero attached hydrogens (tertiary/aromatic N) is 2. The Morgan fingerprint density at radius 1 is 1.09 bits per heavy atom. The molecule has 0 radical (unpaired) electrons. The highest BCUT2D eigenvalue weighted by Gasteiger charge is 2.14. The number of fused-ring (bicyclic) bond motifs is 3. The Kier molecular flexibility index (Phi) is 2.96. The molecule has 2 aromatic carbocycles. The predicted molar refractivity (Wildman–Crippen MR) is 89.2 cm³/mol. The van der Waals surface area contributed by atoms with Crippen LogP contribution >= 0.6 is 23.2 Å². The molecular formula is C16H9Cl2N3O. The third-order valence-electron chi connectivity index (χ3n) is 3.56. The Balaban J connectivity index is 2.14. The largest absolute Gasteiger partial charge is 0.289 e. The van der Waals surface area contributed by atoms with Gasteiger partial charge < -0.3 is 0 Å². The molecule has 0 bridgehead atoms. The van der Waals surface area contributed by atoms with Crippen molar-refractivity contribution in [2.45, 2.75) is 0 Å². The molecule has 0 saturated carbocycles. The van der Waals surface area contributed by atoms with Crippen molar-refractivity contribution in [3.63, 3.8) is 0 Å². The minimum absolute atomic E-state index is 0.165. The van der Waals surface area contributed by atoms with Gasteiger partial charge in [-0.2, -0.15) is 0 Å². The second-order valence-corrected chi connectivity index (χ2v) is 5.76. The molecule has 6 heteroatoms. The molecule has 0 atom stereocenters. The minimum atomic E-state index is -0.165. The second-order valence-electron chi connectivity index (χ2n) is 4.92. The molecule has 4 aromatic rings. The lowest BCUT2D eigenvalue weighted by Gasteiger charge is -2.02. The number of hydrogen-bond acceptors (Lipinski definition) is 2. The molecule has 4 nitrogen and oxygen atoms in total. The maximum atomic E-state index is 12.6. The molecule has 0 spiro atoms. The molecule has 22 heavy (non-hydrogen) atoms. The van der Waals surface area contributed by atoms with Gasteiger partial charge in [0, 0.05) is 16.6 Å². The number of rotatable bonds is 1. The summed E-state index contributed by atoms with van der Waals surface area (Å²) in [6.45, 7) is 0. The number of halogens is 2. The molecule has 0 aliphatic rings. The van der Waals surface area contributed by atoms with Crippen molar-refractivity contribution in [1.29, 1.82) is 0 Å². The maximum Gasteiger partial charge on any atom is 0.280 e. The predicted octanol–water partition coefficient (Wildman–Crippen LogP) is 4.17. The van der Waals surface area contributed by atoms with Gasteiger partial charge in [0.15, 0.2) is 0 Å². The zero-order valence-corrected chi connectivity index (χ0v) is 12.7. The minimum Gasteiger partial charge on any atom is -0.289 e. The van der Waals surface area contributed by atoms with E-state index < -0.39 is 0 Å². The van der Waals surface area contributed by atoms with Crippen molar-refractivity contribution >= 4 is 45.0 Å². The first kappa shape index (κ1) is 13.4. The number of hydrogen-bond donors (Lipinski definition) is 1. The van der Waals surface area contributed by atoms with Gasteiger partial charge in [-0.3, -0.25) is 14.9 Å². The van der Waals surface area contributed by atoms with E-state index in [4.69, 9.17) is 23.2 Å². The van der Waals surface area contributed by atoms with Gasteiger partial charge in [-0.1, -0.05) is 41.4 Å². The molecule has 0 saturated heterocycles. The molecule has 0 unspecified atom stereocenters. The summed E-state index contributed by atoms with van der Waals surface area (Å²) in [4.78, 5) is 16.9.